The third kappa shape index (κ3) is 5.98. The molecule has 2 aromatic carbocycles. The Balaban J connectivity index is 2.07. The number of aryl methyl sites for hydroxylation is 2. The number of hydrogen-bond donors (Lipinski definition) is 1. The average Bonchev–Trinajstić information content (AvgIpc) is 3.07. The molecule has 1 aliphatic rings. The third-order valence-electron chi connectivity index (χ3n) is 7.33. The van der Waals surface area contributed by atoms with Crippen LogP contribution in [-0.4, -0.2) is 49.0 Å². The van der Waals surface area contributed by atoms with Gasteiger partial charge >= 0.3 is 6.18 Å². The van der Waals surface area contributed by atoms with Crippen molar-refractivity contribution in [2.45, 2.75) is 60.7 Å². The number of nitrogens with zero attached hydrogens (tertiary/aromatic N) is 2. The zero-order valence-corrected chi connectivity index (χ0v) is 23.2. The molecule has 1 N–H and O–H groups in total. The Morgan fingerprint density at radius 3 is 2.29 bits per heavy atom. The summed E-state index contributed by atoms with van der Waals surface area (Å²) in [6.45, 7) is 14.7. The zero-order valence-electron chi connectivity index (χ0n) is 23.2. The number of rotatable bonds is 9. The molecule has 0 unspecified atom stereocenters. The van der Waals surface area contributed by atoms with Crippen LogP contribution in [0.2, 0.25) is 0 Å². The van der Waals surface area contributed by atoms with E-state index in [2.05, 4.69) is 10.2 Å². The van der Waals surface area contributed by atoms with E-state index in [1.54, 1.807) is 25.7 Å². The minimum absolute atomic E-state index is 0.00984. The van der Waals surface area contributed by atoms with Crippen LogP contribution in [0.25, 0.3) is 0 Å². The van der Waals surface area contributed by atoms with Gasteiger partial charge in [0.2, 0.25) is 11.8 Å². The Labute approximate surface area is 223 Å². The second-order valence-corrected chi connectivity index (χ2v) is 10.4. The lowest BCUT2D eigenvalue weighted by Crippen LogP contribution is -2.50. The van der Waals surface area contributed by atoms with Crippen molar-refractivity contribution in [1.29, 1.82) is 0 Å². The van der Waals surface area contributed by atoms with Crippen molar-refractivity contribution < 1.29 is 27.5 Å². The quantitative estimate of drug-likeness (QED) is 0.426. The van der Waals surface area contributed by atoms with Crippen LogP contribution >= 0.6 is 0 Å². The summed E-state index contributed by atoms with van der Waals surface area (Å²) in [6.07, 6.45) is -4.97. The van der Waals surface area contributed by atoms with Crippen molar-refractivity contribution >= 4 is 23.2 Å². The first kappa shape index (κ1) is 29.5. The molecule has 2 aromatic rings. The number of benzene rings is 2. The molecule has 38 heavy (non-hydrogen) atoms. The first-order valence-electron chi connectivity index (χ1n) is 13.0. The van der Waals surface area contributed by atoms with Gasteiger partial charge in [0, 0.05) is 30.5 Å². The molecular weight excluding hydrogens is 495 g/mol. The average molecular weight is 534 g/mol. The summed E-state index contributed by atoms with van der Waals surface area (Å²) in [5.74, 6) is -1.36. The van der Waals surface area contributed by atoms with Crippen LogP contribution in [0.3, 0.4) is 0 Å². The van der Waals surface area contributed by atoms with Crippen molar-refractivity contribution in [2.75, 3.05) is 36.4 Å². The minimum atomic E-state index is -4.62. The number of ether oxygens (including phenoxy) is 1. The van der Waals surface area contributed by atoms with Crippen LogP contribution in [-0.2, 0) is 15.8 Å². The molecule has 0 aromatic heterocycles. The fraction of sp³-hybridized carbons (Fsp3) is 0.517. The van der Waals surface area contributed by atoms with Gasteiger partial charge in [0.15, 0.2) is 0 Å². The maximum Gasteiger partial charge on any atom is 0.416 e. The SMILES string of the molecule is CCN(CC)C[C@@]1(C(=O)Nc2cc(OC(C)C)cc(C(F)(F)F)c2)CN(c2c(C)cccc2C)C(=O)[C@H]1C. The van der Waals surface area contributed by atoms with Gasteiger partial charge in [0.25, 0.3) is 0 Å². The Morgan fingerprint density at radius 1 is 1.16 bits per heavy atom. The number of nitrogens with one attached hydrogen (secondary N) is 1. The molecule has 0 aliphatic carbocycles. The van der Waals surface area contributed by atoms with E-state index in [1.807, 2.05) is 45.9 Å². The summed E-state index contributed by atoms with van der Waals surface area (Å²) < 4.78 is 46.5. The van der Waals surface area contributed by atoms with Crippen molar-refractivity contribution in [2.24, 2.45) is 11.3 Å². The highest BCUT2D eigenvalue weighted by atomic mass is 19.4. The monoisotopic (exact) mass is 533 g/mol. The molecule has 1 aliphatic heterocycles. The van der Waals surface area contributed by atoms with Crippen molar-refractivity contribution in [1.82, 2.24) is 4.90 Å². The molecule has 1 heterocycles. The van der Waals surface area contributed by atoms with Gasteiger partial charge in [0.1, 0.15) is 5.75 Å². The predicted octanol–water partition coefficient (Wildman–Crippen LogP) is 6.06. The van der Waals surface area contributed by atoms with Crippen LogP contribution in [0.1, 0.15) is 51.3 Å². The third-order valence-corrected chi connectivity index (χ3v) is 7.33. The highest BCUT2D eigenvalue weighted by Crippen LogP contribution is 2.43. The smallest absolute Gasteiger partial charge is 0.416 e. The summed E-state index contributed by atoms with van der Waals surface area (Å²) in [7, 11) is 0. The van der Waals surface area contributed by atoms with Crippen molar-refractivity contribution in [3.05, 3.63) is 53.1 Å². The number of anilines is 2. The molecule has 9 heteroatoms. The topological polar surface area (TPSA) is 61.9 Å². The molecule has 1 fully saturated rings. The summed E-state index contributed by atoms with van der Waals surface area (Å²) in [5, 5.41) is 2.73. The normalized spacial score (nSPS) is 19.9. The van der Waals surface area contributed by atoms with E-state index in [4.69, 9.17) is 4.74 Å². The van der Waals surface area contributed by atoms with Crippen molar-refractivity contribution in [3.63, 3.8) is 0 Å². The number of carbonyl (C=O) groups is 2. The molecule has 0 radical (unpaired) electrons. The van der Waals surface area contributed by atoms with E-state index < -0.39 is 29.0 Å². The van der Waals surface area contributed by atoms with Crippen LogP contribution in [0.15, 0.2) is 36.4 Å². The molecule has 2 amide bonds. The fourth-order valence-electron chi connectivity index (χ4n) is 5.19. The maximum atomic E-state index is 14.1. The molecule has 6 nitrogen and oxygen atoms in total. The minimum Gasteiger partial charge on any atom is -0.491 e. The highest BCUT2D eigenvalue weighted by Gasteiger charge is 2.56. The zero-order chi connectivity index (χ0) is 28.4. The fourth-order valence-corrected chi connectivity index (χ4v) is 5.19. The second kappa shape index (κ2) is 11.4. The van der Waals surface area contributed by atoms with E-state index in [0.29, 0.717) is 13.1 Å². The van der Waals surface area contributed by atoms with Gasteiger partial charge in [-0.1, -0.05) is 39.0 Å². The summed E-state index contributed by atoms with van der Waals surface area (Å²) in [4.78, 5) is 31.5. The number of hydrogen-bond acceptors (Lipinski definition) is 4. The largest absolute Gasteiger partial charge is 0.491 e. The molecule has 1 saturated heterocycles. The lowest BCUT2D eigenvalue weighted by Gasteiger charge is -2.35. The lowest BCUT2D eigenvalue weighted by atomic mass is 9.77. The van der Waals surface area contributed by atoms with E-state index in [-0.39, 0.29) is 36.5 Å². The summed E-state index contributed by atoms with van der Waals surface area (Å²) in [5.41, 5.74) is 0.465. The van der Waals surface area contributed by atoms with Gasteiger partial charge in [-0.3, -0.25) is 9.59 Å². The molecule has 208 valence electrons. The van der Waals surface area contributed by atoms with Crippen LogP contribution < -0.4 is 15.0 Å². The molecule has 0 bridgehead atoms. The lowest BCUT2D eigenvalue weighted by molar-refractivity contribution is -0.137. The summed E-state index contributed by atoms with van der Waals surface area (Å²) >= 11 is 0. The number of halogens is 3. The van der Waals surface area contributed by atoms with Gasteiger partial charge in [-0.05, 0) is 64.0 Å². The first-order chi connectivity index (χ1) is 17.7. The van der Waals surface area contributed by atoms with Crippen molar-refractivity contribution in [3.8, 4) is 5.75 Å². The Morgan fingerprint density at radius 2 is 1.76 bits per heavy atom. The van der Waals surface area contributed by atoms with E-state index in [1.165, 1.54) is 6.07 Å². The van der Waals surface area contributed by atoms with Crippen LogP contribution in [0, 0.1) is 25.2 Å². The van der Waals surface area contributed by atoms with E-state index in [0.717, 1.165) is 28.9 Å². The Hall–Kier alpha value is -3.07. The Bertz CT molecular complexity index is 1160. The molecule has 2 atom stereocenters. The van der Waals surface area contributed by atoms with E-state index >= 15 is 0 Å². The van der Waals surface area contributed by atoms with Crippen LogP contribution in [0.4, 0.5) is 24.5 Å². The molecule has 0 saturated carbocycles. The standard InChI is InChI=1S/C29H38F3N3O3/c1-8-34(9-2)16-28(17-35(26(36)21(28)7)25-19(5)11-10-12-20(25)6)27(37)33-23-13-22(29(30,31)32)14-24(15-23)38-18(3)4/h10-15,18,21H,8-9,16-17H2,1-7H3,(H,33,37)/t21-,28-/m1/s1. The predicted molar refractivity (Wildman–Crippen MR) is 143 cm³/mol. The van der Waals surface area contributed by atoms with Gasteiger partial charge in [-0.15, -0.1) is 0 Å². The number of carbonyl (C=O) groups excluding carboxylic acids is 2. The summed E-state index contributed by atoms with van der Waals surface area (Å²) in [6, 6.07) is 8.97. The van der Waals surface area contributed by atoms with E-state index in [9.17, 15) is 22.8 Å². The van der Waals surface area contributed by atoms with Gasteiger partial charge in [0.05, 0.1) is 23.0 Å². The van der Waals surface area contributed by atoms with Gasteiger partial charge < -0.3 is 19.9 Å². The first-order valence-corrected chi connectivity index (χ1v) is 13.0. The number of para-hydroxylation sites is 1. The van der Waals surface area contributed by atoms with Gasteiger partial charge in [-0.25, -0.2) is 0 Å². The van der Waals surface area contributed by atoms with Gasteiger partial charge in [-0.2, -0.15) is 13.2 Å². The molecular formula is C29H38F3N3O3. The number of alkyl halides is 3. The maximum absolute atomic E-state index is 14.1. The molecule has 0 spiro atoms. The second-order valence-electron chi connectivity index (χ2n) is 10.4. The molecule has 3 rings (SSSR count). The van der Waals surface area contributed by atoms with Crippen LogP contribution in [0.5, 0.6) is 5.75 Å². The number of amides is 2. The Kier molecular flexibility index (Phi) is 8.81. The highest BCUT2D eigenvalue weighted by molar-refractivity contribution is 6.08.